The third kappa shape index (κ3) is 5.34. The Labute approximate surface area is 202 Å². The van der Waals surface area contributed by atoms with Crippen molar-refractivity contribution < 1.29 is 14.3 Å². The topological polar surface area (TPSA) is 51.1 Å². The number of nitrogens with zero attached hydrogens (tertiary/aromatic N) is 2. The first kappa shape index (κ1) is 22.8. The molecule has 1 aliphatic rings. The Balaban J connectivity index is 1.49. The molecule has 1 aliphatic heterocycles. The van der Waals surface area contributed by atoms with Crippen LogP contribution in [0, 0.1) is 13.8 Å². The molecule has 33 heavy (non-hydrogen) atoms. The number of hydrazone groups is 1. The van der Waals surface area contributed by atoms with Gasteiger partial charge in [0.05, 0.1) is 17.0 Å². The quantitative estimate of drug-likeness (QED) is 0.279. The molecule has 0 unspecified atom stereocenters. The van der Waals surface area contributed by atoms with Crippen molar-refractivity contribution in [2.75, 3.05) is 18.2 Å². The Morgan fingerprint density at radius 3 is 2.39 bits per heavy atom. The standard InChI is InChI=1S/C27H25BrN2O3/c1-18-9-10-19(2)26(15-18)33-14-13-32-25-12-11-22(28)16-21(25)17-24-20(3)29-30(27(24)31)23-7-5-4-6-8-23/h4-12,15-17H,13-14H2,1-3H3/b24-17+. The van der Waals surface area contributed by atoms with Gasteiger partial charge in [-0.05, 0) is 74.4 Å². The number of ether oxygens (including phenoxy) is 2. The molecule has 3 aromatic carbocycles. The summed E-state index contributed by atoms with van der Waals surface area (Å²) in [4.78, 5) is 13.1. The van der Waals surface area contributed by atoms with Gasteiger partial charge in [-0.15, -0.1) is 0 Å². The molecule has 0 fully saturated rings. The van der Waals surface area contributed by atoms with Gasteiger partial charge in [0.15, 0.2) is 0 Å². The minimum Gasteiger partial charge on any atom is -0.490 e. The van der Waals surface area contributed by atoms with Gasteiger partial charge in [0.2, 0.25) is 0 Å². The van der Waals surface area contributed by atoms with Crippen LogP contribution in [-0.2, 0) is 4.79 Å². The Hall–Kier alpha value is -3.38. The normalized spacial score (nSPS) is 14.5. The van der Waals surface area contributed by atoms with Crippen molar-refractivity contribution in [2.45, 2.75) is 20.8 Å². The Morgan fingerprint density at radius 2 is 1.64 bits per heavy atom. The van der Waals surface area contributed by atoms with Crippen LogP contribution in [-0.4, -0.2) is 24.8 Å². The summed E-state index contributed by atoms with van der Waals surface area (Å²) in [5.41, 5.74) is 4.97. The highest BCUT2D eigenvalue weighted by molar-refractivity contribution is 9.10. The van der Waals surface area contributed by atoms with Gasteiger partial charge in [-0.1, -0.05) is 46.3 Å². The lowest BCUT2D eigenvalue weighted by Crippen LogP contribution is -2.21. The van der Waals surface area contributed by atoms with E-state index in [2.05, 4.69) is 27.1 Å². The zero-order valence-electron chi connectivity index (χ0n) is 18.8. The number of carbonyl (C=O) groups is 1. The van der Waals surface area contributed by atoms with Gasteiger partial charge in [0.25, 0.3) is 5.91 Å². The largest absolute Gasteiger partial charge is 0.490 e. The van der Waals surface area contributed by atoms with Gasteiger partial charge in [-0.3, -0.25) is 4.79 Å². The van der Waals surface area contributed by atoms with Gasteiger partial charge < -0.3 is 9.47 Å². The van der Waals surface area contributed by atoms with Crippen molar-refractivity contribution in [1.82, 2.24) is 0 Å². The first-order valence-electron chi connectivity index (χ1n) is 10.7. The molecule has 5 nitrogen and oxygen atoms in total. The second-order valence-corrected chi connectivity index (χ2v) is 8.76. The van der Waals surface area contributed by atoms with Crippen molar-refractivity contribution in [3.05, 3.63) is 93.5 Å². The maximum absolute atomic E-state index is 13.1. The van der Waals surface area contributed by atoms with Crippen LogP contribution in [0.3, 0.4) is 0 Å². The van der Waals surface area contributed by atoms with Gasteiger partial charge in [-0.2, -0.15) is 10.1 Å². The first-order valence-corrected chi connectivity index (χ1v) is 11.5. The van der Waals surface area contributed by atoms with Gasteiger partial charge in [-0.25, -0.2) is 0 Å². The molecule has 0 N–H and O–H groups in total. The average Bonchev–Trinajstić information content (AvgIpc) is 3.09. The van der Waals surface area contributed by atoms with Crippen molar-refractivity contribution in [1.29, 1.82) is 0 Å². The van der Waals surface area contributed by atoms with Crippen LogP contribution < -0.4 is 14.5 Å². The molecule has 0 aliphatic carbocycles. The van der Waals surface area contributed by atoms with Crippen LogP contribution >= 0.6 is 15.9 Å². The van der Waals surface area contributed by atoms with Crippen LogP contribution in [0.1, 0.15) is 23.6 Å². The molecular formula is C27H25BrN2O3. The minimum atomic E-state index is -0.164. The molecule has 0 spiro atoms. The SMILES string of the molecule is CC1=NN(c2ccccc2)C(=O)/C1=C/c1cc(Br)ccc1OCCOc1cc(C)ccc1C. The number of hydrogen-bond acceptors (Lipinski definition) is 4. The zero-order chi connectivity index (χ0) is 23.4. The lowest BCUT2D eigenvalue weighted by molar-refractivity contribution is -0.114. The van der Waals surface area contributed by atoms with E-state index >= 15 is 0 Å². The Kier molecular flexibility index (Phi) is 6.94. The number of amides is 1. The molecule has 6 heteroatoms. The molecule has 3 aromatic rings. The molecule has 1 amide bonds. The molecular weight excluding hydrogens is 480 g/mol. The molecule has 0 saturated carbocycles. The number of benzene rings is 3. The fraction of sp³-hybridized carbons (Fsp3) is 0.185. The summed E-state index contributed by atoms with van der Waals surface area (Å²) in [6.07, 6.45) is 1.83. The number of hydrogen-bond donors (Lipinski definition) is 0. The molecule has 4 rings (SSSR count). The van der Waals surface area contributed by atoms with Crippen LogP contribution in [0.25, 0.3) is 6.08 Å². The van der Waals surface area contributed by atoms with E-state index < -0.39 is 0 Å². The van der Waals surface area contributed by atoms with Gasteiger partial charge in [0.1, 0.15) is 24.7 Å². The van der Waals surface area contributed by atoms with Crippen molar-refractivity contribution in [2.24, 2.45) is 5.10 Å². The summed E-state index contributed by atoms with van der Waals surface area (Å²) in [6, 6.07) is 21.3. The van der Waals surface area contributed by atoms with E-state index in [1.165, 1.54) is 5.01 Å². The van der Waals surface area contributed by atoms with Gasteiger partial charge >= 0.3 is 0 Å². The maximum atomic E-state index is 13.1. The number of halogens is 1. The number of para-hydroxylation sites is 1. The smallest absolute Gasteiger partial charge is 0.280 e. The summed E-state index contributed by atoms with van der Waals surface area (Å²) in [6.45, 7) is 6.69. The first-order chi connectivity index (χ1) is 15.9. The lowest BCUT2D eigenvalue weighted by atomic mass is 10.1. The Morgan fingerprint density at radius 1 is 0.909 bits per heavy atom. The molecule has 1 heterocycles. The monoisotopic (exact) mass is 504 g/mol. The molecule has 0 atom stereocenters. The fourth-order valence-corrected chi connectivity index (χ4v) is 3.89. The van der Waals surface area contributed by atoms with Crippen LogP contribution in [0.4, 0.5) is 5.69 Å². The third-order valence-electron chi connectivity index (χ3n) is 5.28. The van der Waals surface area contributed by atoms with E-state index in [4.69, 9.17) is 9.47 Å². The summed E-state index contributed by atoms with van der Waals surface area (Å²) < 4.78 is 12.8. The van der Waals surface area contributed by atoms with Crippen molar-refractivity contribution in [3.8, 4) is 11.5 Å². The van der Waals surface area contributed by atoms with E-state index in [0.717, 1.165) is 32.6 Å². The van der Waals surface area contributed by atoms with Gasteiger partial charge in [0, 0.05) is 10.0 Å². The highest BCUT2D eigenvalue weighted by Crippen LogP contribution is 2.29. The predicted molar refractivity (Wildman–Crippen MR) is 136 cm³/mol. The lowest BCUT2D eigenvalue weighted by Gasteiger charge is -2.13. The molecule has 0 saturated heterocycles. The molecule has 0 radical (unpaired) electrons. The number of carbonyl (C=O) groups excluding carboxylic acids is 1. The summed E-state index contributed by atoms with van der Waals surface area (Å²) in [5, 5.41) is 5.88. The van der Waals surface area contributed by atoms with E-state index in [1.807, 2.05) is 87.5 Å². The van der Waals surface area contributed by atoms with Crippen molar-refractivity contribution in [3.63, 3.8) is 0 Å². The molecule has 0 bridgehead atoms. The number of anilines is 1. The number of aryl methyl sites for hydroxylation is 2. The molecule has 0 aromatic heterocycles. The highest BCUT2D eigenvalue weighted by Gasteiger charge is 2.28. The van der Waals surface area contributed by atoms with Crippen molar-refractivity contribution >= 4 is 39.3 Å². The van der Waals surface area contributed by atoms with E-state index in [1.54, 1.807) is 0 Å². The van der Waals surface area contributed by atoms with Crippen LogP contribution in [0.5, 0.6) is 11.5 Å². The maximum Gasteiger partial charge on any atom is 0.280 e. The summed E-state index contributed by atoms with van der Waals surface area (Å²) >= 11 is 3.52. The van der Waals surface area contributed by atoms with Crippen LogP contribution in [0.15, 0.2) is 81.9 Å². The average molecular weight is 505 g/mol. The minimum absolute atomic E-state index is 0.164. The third-order valence-corrected chi connectivity index (χ3v) is 5.77. The van der Waals surface area contributed by atoms with E-state index in [0.29, 0.717) is 30.2 Å². The van der Waals surface area contributed by atoms with E-state index in [-0.39, 0.29) is 5.91 Å². The van der Waals surface area contributed by atoms with E-state index in [9.17, 15) is 4.79 Å². The molecule has 168 valence electrons. The van der Waals surface area contributed by atoms with Crippen LogP contribution in [0.2, 0.25) is 0 Å². The highest BCUT2D eigenvalue weighted by atomic mass is 79.9. The fourth-order valence-electron chi connectivity index (χ4n) is 3.51. The zero-order valence-corrected chi connectivity index (χ0v) is 20.4. The number of rotatable bonds is 7. The summed E-state index contributed by atoms with van der Waals surface area (Å²) in [7, 11) is 0. The second kappa shape index (κ2) is 10.0. The predicted octanol–water partition coefficient (Wildman–Crippen LogP) is 6.33. The second-order valence-electron chi connectivity index (χ2n) is 7.84. The summed E-state index contributed by atoms with van der Waals surface area (Å²) in [5.74, 6) is 1.37. The Bertz CT molecular complexity index is 1240.